The minimum atomic E-state index is -3.49. The van der Waals surface area contributed by atoms with Gasteiger partial charge in [-0.05, 0) is 49.2 Å². The number of fused-ring (bicyclic) bond motifs is 1. The van der Waals surface area contributed by atoms with E-state index in [0.29, 0.717) is 24.2 Å². The largest absolute Gasteiger partial charge is 0.450 e. The molecule has 0 aliphatic carbocycles. The van der Waals surface area contributed by atoms with Crippen molar-refractivity contribution in [1.82, 2.24) is 19.6 Å². The van der Waals surface area contributed by atoms with Gasteiger partial charge in [-0.2, -0.15) is 0 Å². The molecule has 1 aliphatic rings. The first-order valence-electron chi connectivity index (χ1n) is 10.1. The quantitative estimate of drug-likeness (QED) is 0.362. The van der Waals surface area contributed by atoms with E-state index in [2.05, 4.69) is 26.6 Å². The summed E-state index contributed by atoms with van der Waals surface area (Å²) >= 11 is 6.00. The third-order valence-electron chi connectivity index (χ3n) is 4.87. The molecule has 0 saturated heterocycles. The van der Waals surface area contributed by atoms with Crippen LogP contribution in [-0.2, 0) is 27.8 Å². The minimum absolute atomic E-state index is 0.156. The number of amides is 1. The summed E-state index contributed by atoms with van der Waals surface area (Å²) in [6, 6.07) is 6.21. The first kappa shape index (κ1) is 24.5. The van der Waals surface area contributed by atoms with E-state index >= 15 is 0 Å². The Morgan fingerprint density at radius 3 is 2.70 bits per heavy atom. The van der Waals surface area contributed by atoms with Crippen LogP contribution < -0.4 is 15.8 Å². The van der Waals surface area contributed by atoms with Crippen LogP contribution in [0.1, 0.15) is 29.8 Å². The Morgan fingerprint density at radius 1 is 1.27 bits per heavy atom. The molecule has 0 fully saturated rings. The van der Waals surface area contributed by atoms with E-state index in [1.807, 2.05) is 4.57 Å². The third kappa shape index (κ3) is 6.21. The molecule has 2 aromatic rings. The highest BCUT2D eigenvalue weighted by molar-refractivity contribution is 7.89. The van der Waals surface area contributed by atoms with Crippen molar-refractivity contribution < 1.29 is 17.9 Å². The number of hydrogen-bond donors (Lipinski definition) is 3. The summed E-state index contributed by atoms with van der Waals surface area (Å²) in [7, 11) is -2.14. The molecule has 0 spiro atoms. The molecule has 0 unspecified atom stereocenters. The predicted octanol–water partition coefficient (Wildman–Crippen LogP) is 2.31. The molecule has 0 atom stereocenters. The van der Waals surface area contributed by atoms with Gasteiger partial charge in [0.1, 0.15) is 10.9 Å². The number of sulfonamides is 1. The average molecular weight is 493 g/mol. The topological polar surface area (TPSA) is 141 Å². The van der Waals surface area contributed by atoms with E-state index in [-0.39, 0.29) is 29.0 Å². The number of nitrogens with one attached hydrogen (secondary N) is 2. The number of nitrogens with zero attached hydrogens (tertiary/aromatic N) is 3. The van der Waals surface area contributed by atoms with Crippen LogP contribution in [0.25, 0.3) is 5.57 Å². The molecular weight excluding hydrogens is 468 g/mol. The predicted molar refractivity (Wildman–Crippen MR) is 126 cm³/mol. The number of aryl methyl sites for hydroxylation is 1. The number of aromatic nitrogens is 2. The van der Waals surface area contributed by atoms with Crippen molar-refractivity contribution in [3.63, 3.8) is 0 Å². The number of carbonyl (C=O) groups is 1. The van der Waals surface area contributed by atoms with Gasteiger partial charge in [0.2, 0.25) is 10.0 Å². The number of allylic oxidation sites excluding steroid dienone is 2. The maximum atomic E-state index is 11.9. The minimum Gasteiger partial charge on any atom is -0.450 e. The highest BCUT2D eigenvalue weighted by atomic mass is 35.5. The number of hydrogen-bond acceptors (Lipinski definition) is 7. The number of rotatable bonds is 9. The zero-order valence-electron chi connectivity index (χ0n) is 18.0. The molecule has 0 bridgehead atoms. The summed E-state index contributed by atoms with van der Waals surface area (Å²) in [5.41, 5.74) is 8.66. The molecule has 1 amide bonds. The van der Waals surface area contributed by atoms with Gasteiger partial charge in [0.25, 0.3) is 0 Å². The lowest BCUT2D eigenvalue weighted by Crippen LogP contribution is -2.24. The smallest absolute Gasteiger partial charge is 0.407 e. The van der Waals surface area contributed by atoms with Gasteiger partial charge in [-0.3, -0.25) is 0 Å². The van der Waals surface area contributed by atoms with Crippen molar-refractivity contribution in [2.45, 2.75) is 30.8 Å². The van der Waals surface area contributed by atoms with Crippen molar-refractivity contribution in [2.24, 2.45) is 10.7 Å². The molecule has 2 heterocycles. The monoisotopic (exact) mass is 492 g/mol. The Labute approximate surface area is 197 Å². The highest BCUT2D eigenvalue weighted by Gasteiger charge is 2.19. The number of ether oxygens (including phenoxy) is 1. The lowest BCUT2D eigenvalue weighted by atomic mass is 10.1. The highest BCUT2D eigenvalue weighted by Crippen LogP contribution is 2.25. The number of nitrogens with two attached hydrogens (primary N) is 1. The number of alkyl carbamates (subject to hydrolysis) is 1. The van der Waals surface area contributed by atoms with Gasteiger partial charge in [0, 0.05) is 13.1 Å². The van der Waals surface area contributed by atoms with Crippen LogP contribution in [0, 0.1) is 0 Å². The van der Waals surface area contributed by atoms with Gasteiger partial charge in [0.05, 0.1) is 23.5 Å². The van der Waals surface area contributed by atoms with Crippen LogP contribution in [0.2, 0.25) is 0 Å². The Hall–Kier alpha value is -3.15. The summed E-state index contributed by atoms with van der Waals surface area (Å²) in [6.07, 6.45) is 4.14. The van der Waals surface area contributed by atoms with Crippen LogP contribution in [-0.4, -0.2) is 43.6 Å². The lowest BCUT2D eigenvalue weighted by Gasteiger charge is -2.10. The van der Waals surface area contributed by atoms with Crippen molar-refractivity contribution in [1.29, 1.82) is 0 Å². The maximum absolute atomic E-state index is 11.9. The zero-order valence-corrected chi connectivity index (χ0v) is 19.6. The molecule has 176 valence electrons. The second-order valence-corrected chi connectivity index (χ2v) is 9.45. The van der Waals surface area contributed by atoms with Gasteiger partial charge in [0.15, 0.2) is 5.84 Å². The van der Waals surface area contributed by atoms with E-state index in [1.54, 1.807) is 24.5 Å². The van der Waals surface area contributed by atoms with Gasteiger partial charge < -0.3 is 20.4 Å². The molecule has 1 aromatic heterocycles. The van der Waals surface area contributed by atoms with E-state index in [9.17, 15) is 13.2 Å². The first-order valence-corrected chi connectivity index (χ1v) is 12.0. The number of imidazole rings is 1. The molecule has 0 saturated carbocycles. The normalized spacial score (nSPS) is 13.6. The number of halogens is 1. The van der Waals surface area contributed by atoms with E-state index in [1.165, 1.54) is 19.2 Å². The van der Waals surface area contributed by atoms with Gasteiger partial charge >= 0.3 is 6.09 Å². The Morgan fingerprint density at radius 2 is 2.00 bits per heavy atom. The molecule has 10 nitrogen and oxygen atoms in total. The Bertz CT molecular complexity index is 1200. The van der Waals surface area contributed by atoms with Gasteiger partial charge in [-0.1, -0.05) is 30.3 Å². The second kappa shape index (κ2) is 10.6. The van der Waals surface area contributed by atoms with E-state index < -0.39 is 16.1 Å². The fourth-order valence-corrected chi connectivity index (χ4v) is 4.12. The number of carbonyl (C=O) groups excluding carboxylic acids is 1. The summed E-state index contributed by atoms with van der Waals surface area (Å²) in [4.78, 5) is 20.4. The number of amidine groups is 1. The third-order valence-corrected chi connectivity index (χ3v) is 6.49. The Balaban J connectivity index is 1.41. The fraction of sp³-hybridized carbons (Fsp3) is 0.286. The second-order valence-electron chi connectivity index (χ2n) is 7.17. The zero-order chi connectivity index (χ0) is 24.0. The maximum Gasteiger partial charge on any atom is 0.407 e. The van der Waals surface area contributed by atoms with Crippen LogP contribution in [0.5, 0.6) is 0 Å². The van der Waals surface area contributed by atoms with Crippen LogP contribution in [0.3, 0.4) is 0 Å². The lowest BCUT2D eigenvalue weighted by molar-refractivity contribution is 0.143. The molecule has 1 aromatic carbocycles. The summed E-state index contributed by atoms with van der Waals surface area (Å²) in [5.74, 6) is 0.238. The van der Waals surface area contributed by atoms with Crippen molar-refractivity contribution >= 4 is 39.1 Å². The average Bonchev–Trinajstić information content (AvgIpc) is 3.17. The van der Waals surface area contributed by atoms with E-state index in [4.69, 9.17) is 22.1 Å². The standard InChI is InChI=1S/C21H25ClN6O4S/c1-14-11-17(22)27-20(23)18-19(14)28(13-26-18)9-3-4-10-32-21(29)25-12-15-5-7-16(8-6-15)33(30,31)24-2/h5-8,11,13,24H,1,3-4,9-10,12H2,2H3,(H2,23,27)(H,25,29). The number of unbranched alkanes of at least 4 members (excludes halogenated alkanes) is 1. The molecule has 1 aliphatic heterocycles. The van der Waals surface area contributed by atoms with Crippen LogP contribution >= 0.6 is 11.6 Å². The number of benzene rings is 1. The summed E-state index contributed by atoms with van der Waals surface area (Å²) in [5, 5.41) is 2.89. The summed E-state index contributed by atoms with van der Waals surface area (Å²) < 4.78 is 32.8. The first-order chi connectivity index (χ1) is 15.7. The molecule has 33 heavy (non-hydrogen) atoms. The summed E-state index contributed by atoms with van der Waals surface area (Å²) in [6.45, 7) is 5.11. The SMILES string of the molecule is C=C1C=C(Cl)N=C(N)c2ncn(CCCCOC(=O)NCc3ccc(S(=O)(=O)NC)cc3)c21. The van der Waals surface area contributed by atoms with Crippen LogP contribution in [0.4, 0.5) is 4.79 Å². The van der Waals surface area contributed by atoms with Gasteiger partial charge in [-0.25, -0.2) is 27.9 Å². The van der Waals surface area contributed by atoms with Crippen molar-refractivity contribution in [2.75, 3.05) is 13.7 Å². The number of aliphatic imine (C=N–C) groups is 1. The molecule has 3 rings (SSSR count). The fourth-order valence-electron chi connectivity index (χ4n) is 3.17. The van der Waals surface area contributed by atoms with Crippen molar-refractivity contribution in [3.8, 4) is 0 Å². The Kier molecular flexibility index (Phi) is 7.90. The van der Waals surface area contributed by atoms with Crippen molar-refractivity contribution in [3.05, 3.63) is 65.4 Å². The molecule has 12 heteroatoms. The van der Waals surface area contributed by atoms with E-state index in [0.717, 1.165) is 17.7 Å². The molecule has 4 N–H and O–H groups in total. The molecule has 0 radical (unpaired) electrons. The molecular formula is C21H25ClN6O4S. The van der Waals surface area contributed by atoms with Gasteiger partial charge in [-0.15, -0.1) is 0 Å². The van der Waals surface area contributed by atoms with Crippen LogP contribution in [0.15, 0.2) is 58.3 Å².